The molecule has 0 atom stereocenters. The first-order valence-electron chi connectivity index (χ1n) is 10.9. The molecule has 0 bridgehead atoms. The van der Waals surface area contributed by atoms with E-state index in [0.717, 1.165) is 11.4 Å². The summed E-state index contributed by atoms with van der Waals surface area (Å²) in [5.41, 5.74) is 1.30. The van der Waals surface area contributed by atoms with Crippen molar-refractivity contribution in [3.05, 3.63) is 77.2 Å². The van der Waals surface area contributed by atoms with Crippen molar-refractivity contribution >= 4 is 22.6 Å². The zero-order chi connectivity index (χ0) is 22.6. The molecule has 33 heavy (non-hydrogen) atoms. The van der Waals surface area contributed by atoms with Crippen molar-refractivity contribution < 1.29 is 4.79 Å². The Morgan fingerprint density at radius 1 is 0.909 bits per heavy atom. The van der Waals surface area contributed by atoms with E-state index in [1.54, 1.807) is 24.4 Å². The standard InChI is InChI=1S/C24H23N7O2/c32-22(11-13-31-24(33)19-8-4-5-9-20(19)27-28-31)30-16-14-29(15-17-30)21-10-12-25-23(26-21)18-6-2-1-3-7-18/h1-10,12H,11,13-17H2. The van der Waals surface area contributed by atoms with Crippen molar-refractivity contribution in [3.63, 3.8) is 0 Å². The van der Waals surface area contributed by atoms with Gasteiger partial charge in [0.05, 0.1) is 11.9 Å². The lowest BCUT2D eigenvalue weighted by molar-refractivity contribution is -0.131. The second-order valence-electron chi connectivity index (χ2n) is 7.86. The van der Waals surface area contributed by atoms with Crippen LogP contribution in [0.4, 0.5) is 5.82 Å². The number of anilines is 1. The monoisotopic (exact) mass is 441 g/mol. The van der Waals surface area contributed by atoms with Crippen LogP contribution in [-0.4, -0.2) is 61.9 Å². The third kappa shape index (κ3) is 4.43. The maximum absolute atomic E-state index is 12.7. The second-order valence-corrected chi connectivity index (χ2v) is 7.86. The first-order chi connectivity index (χ1) is 16.2. The van der Waals surface area contributed by atoms with Gasteiger partial charge in [-0.3, -0.25) is 9.59 Å². The fraction of sp³-hybridized carbons (Fsp3) is 0.250. The molecule has 1 fully saturated rings. The lowest BCUT2D eigenvalue weighted by Gasteiger charge is -2.35. The number of piperazine rings is 1. The van der Waals surface area contributed by atoms with Gasteiger partial charge in [0.1, 0.15) is 11.3 Å². The van der Waals surface area contributed by atoms with Gasteiger partial charge in [-0.2, -0.15) is 0 Å². The lowest BCUT2D eigenvalue weighted by Crippen LogP contribution is -2.49. The topological polar surface area (TPSA) is 97.1 Å². The van der Waals surface area contributed by atoms with Crippen LogP contribution in [0.15, 0.2) is 71.7 Å². The molecule has 0 unspecified atom stereocenters. The highest BCUT2D eigenvalue weighted by Crippen LogP contribution is 2.19. The number of rotatable bonds is 5. The minimum atomic E-state index is -0.226. The van der Waals surface area contributed by atoms with Gasteiger partial charge in [-0.25, -0.2) is 14.6 Å². The smallest absolute Gasteiger partial charge is 0.277 e. The van der Waals surface area contributed by atoms with Gasteiger partial charge in [0, 0.05) is 44.4 Å². The van der Waals surface area contributed by atoms with Gasteiger partial charge >= 0.3 is 0 Å². The molecule has 0 aliphatic carbocycles. The van der Waals surface area contributed by atoms with Crippen molar-refractivity contribution in [3.8, 4) is 11.4 Å². The number of nitrogens with zero attached hydrogens (tertiary/aromatic N) is 7. The third-order valence-corrected chi connectivity index (χ3v) is 5.80. The molecule has 2 aromatic heterocycles. The molecule has 1 aliphatic heterocycles. The number of hydrogen-bond acceptors (Lipinski definition) is 7. The molecule has 1 saturated heterocycles. The Morgan fingerprint density at radius 2 is 1.67 bits per heavy atom. The molecule has 0 spiro atoms. The van der Waals surface area contributed by atoms with Crippen LogP contribution >= 0.6 is 0 Å². The summed E-state index contributed by atoms with van der Waals surface area (Å²) in [6.45, 7) is 2.78. The van der Waals surface area contributed by atoms with Crippen LogP contribution in [0.5, 0.6) is 0 Å². The maximum Gasteiger partial charge on any atom is 0.277 e. The van der Waals surface area contributed by atoms with Crippen LogP contribution in [-0.2, 0) is 11.3 Å². The third-order valence-electron chi connectivity index (χ3n) is 5.80. The highest BCUT2D eigenvalue weighted by molar-refractivity contribution is 5.77. The number of carbonyl (C=O) groups is 1. The van der Waals surface area contributed by atoms with Crippen molar-refractivity contribution in [1.29, 1.82) is 0 Å². The molecular formula is C24H23N7O2. The Morgan fingerprint density at radius 3 is 2.48 bits per heavy atom. The Bertz CT molecular complexity index is 1330. The second kappa shape index (κ2) is 9.15. The Kier molecular flexibility index (Phi) is 5.75. The summed E-state index contributed by atoms with van der Waals surface area (Å²) in [7, 11) is 0. The van der Waals surface area contributed by atoms with Crippen molar-refractivity contribution in [2.75, 3.05) is 31.1 Å². The zero-order valence-corrected chi connectivity index (χ0v) is 18.0. The normalized spacial score (nSPS) is 13.9. The number of aromatic nitrogens is 5. The van der Waals surface area contributed by atoms with E-state index in [1.165, 1.54) is 4.68 Å². The van der Waals surface area contributed by atoms with E-state index in [1.807, 2.05) is 47.4 Å². The average molecular weight is 441 g/mol. The first kappa shape index (κ1) is 20.7. The van der Waals surface area contributed by atoms with E-state index in [0.29, 0.717) is 42.9 Å². The predicted molar refractivity (Wildman–Crippen MR) is 125 cm³/mol. The quantitative estimate of drug-likeness (QED) is 0.467. The van der Waals surface area contributed by atoms with Gasteiger partial charge in [-0.05, 0) is 18.2 Å². The number of carbonyl (C=O) groups excluding carboxylic acids is 1. The van der Waals surface area contributed by atoms with Crippen LogP contribution in [0.25, 0.3) is 22.3 Å². The molecule has 1 amide bonds. The molecule has 9 heteroatoms. The summed E-state index contributed by atoms with van der Waals surface area (Å²) in [6, 6.07) is 18.8. The van der Waals surface area contributed by atoms with E-state index in [9.17, 15) is 9.59 Å². The molecule has 0 saturated carbocycles. The Labute approximate surface area is 190 Å². The molecule has 166 valence electrons. The van der Waals surface area contributed by atoms with Crippen LogP contribution in [0.2, 0.25) is 0 Å². The van der Waals surface area contributed by atoms with Gasteiger partial charge in [0.15, 0.2) is 5.82 Å². The summed E-state index contributed by atoms with van der Waals surface area (Å²) >= 11 is 0. The van der Waals surface area contributed by atoms with Crippen LogP contribution in [0.3, 0.4) is 0 Å². The molecule has 1 aliphatic rings. The maximum atomic E-state index is 12.7. The SMILES string of the molecule is O=C(CCn1nnc2ccccc2c1=O)N1CCN(c2ccnc(-c3ccccc3)n2)CC1. The van der Waals surface area contributed by atoms with Crippen molar-refractivity contribution in [1.82, 2.24) is 29.9 Å². The molecule has 9 nitrogen and oxygen atoms in total. The van der Waals surface area contributed by atoms with E-state index >= 15 is 0 Å². The van der Waals surface area contributed by atoms with E-state index < -0.39 is 0 Å². The highest BCUT2D eigenvalue weighted by atomic mass is 16.2. The van der Waals surface area contributed by atoms with Gasteiger partial charge < -0.3 is 9.80 Å². The number of hydrogen-bond donors (Lipinski definition) is 0. The van der Waals surface area contributed by atoms with E-state index in [-0.39, 0.29) is 24.4 Å². The van der Waals surface area contributed by atoms with Crippen LogP contribution < -0.4 is 10.5 Å². The Balaban J connectivity index is 1.19. The number of amides is 1. The summed E-state index contributed by atoms with van der Waals surface area (Å²) in [5.74, 6) is 1.55. The van der Waals surface area contributed by atoms with Gasteiger partial charge in [0.2, 0.25) is 5.91 Å². The molecule has 3 heterocycles. The lowest BCUT2D eigenvalue weighted by atomic mass is 10.2. The Hall–Kier alpha value is -4.14. The number of fused-ring (bicyclic) bond motifs is 1. The zero-order valence-electron chi connectivity index (χ0n) is 18.0. The molecular weight excluding hydrogens is 418 g/mol. The molecule has 4 aromatic rings. The summed E-state index contributed by atoms with van der Waals surface area (Å²) < 4.78 is 1.27. The fourth-order valence-electron chi connectivity index (χ4n) is 3.97. The summed E-state index contributed by atoms with van der Waals surface area (Å²) in [6.07, 6.45) is 1.98. The summed E-state index contributed by atoms with van der Waals surface area (Å²) in [5, 5.41) is 8.55. The van der Waals surface area contributed by atoms with Crippen LogP contribution in [0, 0.1) is 0 Å². The first-order valence-corrected chi connectivity index (χ1v) is 10.9. The average Bonchev–Trinajstić information content (AvgIpc) is 2.89. The van der Waals surface area contributed by atoms with Crippen molar-refractivity contribution in [2.45, 2.75) is 13.0 Å². The molecule has 2 aromatic carbocycles. The van der Waals surface area contributed by atoms with Crippen LogP contribution in [0.1, 0.15) is 6.42 Å². The van der Waals surface area contributed by atoms with Crippen molar-refractivity contribution in [2.24, 2.45) is 0 Å². The van der Waals surface area contributed by atoms with E-state index in [4.69, 9.17) is 4.98 Å². The largest absolute Gasteiger partial charge is 0.353 e. The molecule has 0 radical (unpaired) electrons. The van der Waals surface area contributed by atoms with E-state index in [2.05, 4.69) is 20.2 Å². The summed E-state index contributed by atoms with van der Waals surface area (Å²) in [4.78, 5) is 38.4. The fourth-order valence-corrected chi connectivity index (χ4v) is 3.97. The number of benzene rings is 2. The minimum absolute atomic E-state index is 0.00386. The van der Waals surface area contributed by atoms with Gasteiger partial charge in [-0.1, -0.05) is 47.7 Å². The minimum Gasteiger partial charge on any atom is -0.353 e. The predicted octanol–water partition coefficient (Wildman–Crippen LogP) is 1.99. The molecule has 0 N–H and O–H groups in total. The van der Waals surface area contributed by atoms with Gasteiger partial charge in [-0.15, -0.1) is 5.10 Å². The number of aryl methyl sites for hydroxylation is 1. The van der Waals surface area contributed by atoms with Gasteiger partial charge in [0.25, 0.3) is 5.56 Å². The molecule has 5 rings (SSSR count). The highest BCUT2D eigenvalue weighted by Gasteiger charge is 2.22.